The lowest BCUT2D eigenvalue weighted by Crippen LogP contribution is -2.38. The molecule has 3 rings (SSSR count). The molecule has 1 aliphatic heterocycles. The zero-order valence-corrected chi connectivity index (χ0v) is 15.9. The predicted molar refractivity (Wildman–Crippen MR) is 101 cm³/mol. The lowest BCUT2D eigenvalue weighted by atomic mass is 9.91. The molecular formula is C21H26N2O3. The van der Waals surface area contributed by atoms with E-state index in [0.29, 0.717) is 13.2 Å². The van der Waals surface area contributed by atoms with Crippen LogP contribution in [0.1, 0.15) is 38.0 Å². The van der Waals surface area contributed by atoms with E-state index in [9.17, 15) is 4.79 Å². The summed E-state index contributed by atoms with van der Waals surface area (Å²) < 4.78 is 11.4. The van der Waals surface area contributed by atoms with Crippen LogP contribution in [0.4, 0.5) is 4.79 Å². The van der Waals surface area contributed by atoms with Crippen LogP contribution < -0.4 is 0 Å². The molecule has 5 heteroatoms. The SMILES string of the molecule is CN(C[C@H]1OCCc2c(-c3ccccn3)cccc21)C(=O)OC(C)(C)C. The van der Waals surface area contributed by atoms with Crippen LogP contribution in [0.3, 0.4) is 0 Å². The molecule has 1 aromatic heterocycles. The van der Waals surface area contributed by atoms with Gasteiger partial charge in [-0.1, -0.05) is 24.3 Å². The number of benzene rings is 1. The number of pyridine rings is 1. The van der Waals surface area contributed by atoms with Crippen molar-refractivity contribution < 1.29 is 14.3 Å². The quantitative estimate of drug-likeness (QED) is 0.828. The third-order valence-electron chi connectivity index (χ3n) is 4.32. The van der Waals surface area contributed by atoms with Crippen molar-refractivity contribution in [1.82, 2.24) is 9.88 Å². The van der Waals surface area contributed by atoms with Gasteiger partial charge in [-0.2, -0.15) is 0 Å². The van der Waals surface area contributed by atoms with Crippen LogP contribution in [0.25, 0.3) is 11.3 Å². The summed E-state index contributed by atoms with van der Waals surface area (Å²) in [5, 5.41) is 0. The largest absolute Gasteiger partial charge is 0.444 e. The Morgan fingerprint density at radius 2 is 2.08 bits per heavy atom. The van der Waals surface area contributed by atoms with E-state index in [1.54, 1.807) is 11.9 Å². The minimum Gasteiger partial charge on any atom is -0.444 e. The van der Waals surface area contributed by atoms with Crippen molar-refractivity contribution >= 4 is 6.09 Å². The maximum atomic E-state index is 12.3. The molecule has 5 nitrogen and oxygen atoms in total. The van der Waals surface area contributed by atoms with Crippen LogP contribution in [0.5, 0.6) is 0 Å². The normalized spacial score (nSPS) is 16.7. The second-order valence-corrected chi connectivity index (χ2v) is 7.56. The molecule has 0 unspecified atom stereocenters. The van der Waals surface area contributed by atoms with Gasteiger partial charge in [-0.05, 0) is 50.5 Å². The fourth-order valence-corrected chi connectivity index (χ4v) is 3.15. The summed E-state index contributed by atoms with van der Waals surface area (Å²) in [5.41, 5.74) is 3.96. The number of fused-ring (bicyclic) bond motifs is 1. The molecule has 0 fully saturated rings. The van der Waals surface area contributed by atoms with Gasteiger partial charge in [0.15, 0.2) is 0 Å². The van der Waals surface area contributed by atoms with Gasteiger partial charge in [0.1, 0.15) is 11.7 Å². The molecule has 0 bridgehead atoms. The molecule has 0 aliphatic carbocycles. The van der Waals surface area contributed by atoms with E-state index < -0.39 is 5.60 Å². The van der Waals surface area contributed by atoms with Crippen molar-refractivity contribution in [2.24, 2.45) is 0 Å². The highest BCUT2D eigenvalue weighted by Crippen LogP contribution is 2.34. The van der Waals surface area contributed by atoms with Crippen LogP contribution in [0, 0.1) is 0 Å². The summed E-state index contributed by atoms with van der Waals surface area (Å²) in [7, 11) is 1.74. The number of rotatable bonds is 3. The number of hydrogen-bond acceptors (Lipinski definition) is 4. The average Bonchev–Trinajstić information content (AvgIpc) is 2.61. The lowest BCUT2D eigenvalue weighted by Gasteiger charge is -2.31. The Balaban J connectivity index is 1.83. The highest BCUT2D eigenvalue weighted by Gasteiger charge is 2.27. The molecule has 26 heavy (non-hydrogen) atoms. The minimum atomic E-state index is -0.511. The van der Waals surface area contributed by atoms with E-state index in [1.165, 1.54) is 5.56 Å². The first kappa shape index (κ1) is 18.4. The first-order valence-corrected chi connectivity index (χ1v) is 8.94. The Morgan fingerprint density at radius 1 is 1.27 bits per heavy atom. The molecule has 0 radical (unpaired) electrons. The number of nitrogens with zero attached hydrogens (tertiary/aromatic N) is 2. The van der Waals surface area contributed by atoms with Crippen LogP contribution in [-0.4, -0.2) is 41.8 Å². The van der Waals surface area contributed by atoms with Crippen molar-refractivity contribution in [2.75, 3.05) is 20.2 Å². The van der Waals surface area contributed by atoms with Crippen LogP contribution >= 0.6 is 0 Å². The molecule has 0 saturated carbocycles. The molecule has 138 valence electrons. The Kier molecular flexibility index (Phi) is 5.28. The van der Waals surface area contributed by atoms with E-state index in [0.717, 1.165) is 23.2 Å². The second kappa shape index (κ2) is 7.46. The van der Waals surface area contributed by atoms with Gasteiger partial charge in [-0.25, -0.2) is 4.79 Å². The summed E-state index contributed by atoms with van der Waals surface area (Å²) in [4.78, 5) is 18.3. The molecule has 1 aliphatic rings. The molecule has 0 spiro atoms. The number of aromatic nitrogens is 1. The third kappa shape index (κ3) is 4.22. The molecule has 1 atom stereocenters. The highest BCUT2D eigenvalue weighted by atomic mass is 16.6. The van der Waals surface area contributed by atoms with Crippen molar-refractivity contribution in [2.45, 2.75) is 38.9 Å². The number of carbonyl (C=O) groups excluding carboxylic acids is 1. The van der Waals surface area contributed by atoms with E-state index in [2.05, 4.69) is 17.1 Å². The second-order valence-electron chi connectivity index (χ2n) is 7.56. The van der Waals surface area contributed by atoms with Gasteiger partial charge < -0.3 is 14.4 Å². The molecular weight excluding hydrogens is 328 g/mol. The first-order chi connectivity index (χ1) is 12.3. The summed E-state index contributed by atoms with van der Waals surface area (Å²) in [6, 6.07) is 12.1. The number of ether oxygens (including phenoxy) is 2. The summed E-state index contributed by atoms with van der Waals surface area (Å²) in [6.07, 6.45) is 2.14. The van der Waals surface area contributed by atoms with Gasteiger partial charge in [0, 0.05) is 18.8 Å². The van der Waals surface area contributed by atoms with Gasteiger partial charge in [0.25, 0.3) is 0 Å². The van der Waals surface area contributed by atoms with E-state index in [4.69, 9.17) is 9.47 Å². The van der Waals surface area contributed by atoms with Gasteiger partial charge >= 0.3 is 6.09 Å². The average molecular weight is 354 g/mol. The van der Waals surface area contributed by atoms with Crippen LogP contribution in [0.2, 0.25) is 0 Å². The van der Waals surface area contributed by atoms with Crippen molar-refractivity contribution in [1.29, 1.82) is 0 Å². The van der Waals surface area contributed by atoms with E-state index >= 15 is 0 Å². The van der Waals surface area contributed by atoms with Crippen molar-refractivity contribution in [3.8, 4) is 11.3 Å². The lowest BCUT2D eigenvalue weighted by molar-refractivity contribution is -0.00157. The Bertz CT molecular complexity index is 769. The van der Waals surface area contributed by atoms with Gasteiger partial charge in [0.2, 0.25) is 0 Å². The fourth-order valence-electron chi connectivity index (χ4n) is 3.15. The first-order valence-electron chi connectivity index (χ1n) is 8.94. The van der Waals surface area contributed by atoms with Gasteiger partial charge in [-0.15, -0.1) is 0 Å². The Morgan fingerprint density at radius 3 is 2.77 bits per heavy atom. The molecule has 0 saturated heterocycles. The van der Waals surface area contributed by atoms with Crippen molar-refractivity contribution in [3.05, 3.63) is 53.7 Å². The summed E-state index contributed by atoms with van der Waals surface area (Å²) in [6.45, 7) is 6.68. The highest BCUT2D eigenvalue weighted by molar-refractivity contribution is 5.68. The maximum absolute atomic E-state index is 12.3. The summed E-state index contributed by atoms with van der Waals surface area (Å²) >= 11 is 0. The smallest absolute Gasteiger partial charge is 0.410 e. The zero-order chi connectivity index (χ0) is 18.7. The van der Waals surface area contributed by atoms with Gasteiger partial charge in [-0.3, -0.25) is 4.98 Å². The number of carbonyl (C=O) groups is 1. The molecule has 1 aromatic carbocycles. The monoisotopic (exact) mass is 354 g/mol. The predicted octanol–water partition coefficient (Wildman–Crippen LogP) is 4.23. The number of likely N-dealkylation sites (N-methyl/N-ethyl adjacent to an activating group) is 1. The Labute approximate surface area is 155 Å². The minimum absolute atomic E-state index is 0.167. The standard InChI is InChI=1S/C21H26N2O3/c1-21(2,3)26-20(24)23(4)14-19-17-9-7-8-16(15(17)11-13-25-19)18-10-5-6-12-22-18/h5-10,12,19H,11,13-14H2,1-4H3/t19-/m1/s1. The maximum Gasteiger partial charge on any atom is 0.410 e. The summed E-state index contributed by atoms with van der Waals surface area (Å²) in [5.74, 6) is 0. The zero-order valence-electron chi connectivity index (χ0n) is 15.9. The topological polar surface area (TPSA) is 51.7 Å². The number of amides is 1. The fraction of sp³-hybridized carbons (Fsp3) is 0.429. The molecule has 2 heterocycles. The van der Waals surface area contributed by atoms with Crippen molar-refractivity contribution in [3.63, 3.8) is 0 Å². The Hall–Kier alpha value is -2.40. The van der Waals surface area contributed by atoms with Crippen LogP contribution in [0.15, 0.2) is 42.6 Å². The third-order valence-corrected chi connectivity index (χ3v) is 4.32. The molecule has 0 N–H and O–H groups in total. The molecule has 1 amide bonds. The number of hydrogen-bond donors (Lipinski definition) is 0. The van der Waals surface area contributed by atoms with Crippen LogP contribution in [-0.2, 0) is 15.9 Å². The van der Waals surface area contributed by atoms with E-state index in [-0.39, 0.29) is 12.2 Å². The molecule has 2 aromatic rings. The van der Waals surface area contributed by atoms with Gasteiger partial charge in [0.05, 0.1) is 18.8 Å². The van der Waals surface area contributed by atoms with E-state index in [1.807, 2.05) is 51.2 Å².